The number of phenolic OH excluding ortho intramolecular Hbond substituents is 1. The first-order valence-electron chi connectivity index (χ1n) is 6.73. The molecule has 1 aliphatic rings. The normalized spacial score (nSPS) is 23.1. The summed E-state index contributed by atoms with van der Waals surface area (Å²) in [5, 5.41) is 13.4. The molecule has 0 heterocycles. The van der Waals surface area contributed by atoms with Gasteiger partial charge in [0.2, 0.25) is 0 Å². The van der Waals surface area contributed by atoms with E-state index in [9.17, 15) is 9.90 Å². The maximum absolute atomic E-state index is 12.1. The third-order valence-electron chi connectivity index (χ3n) is 3.77. The molecule has 2 N–H and O–H groups in total. The van der Waals surface area contributed by atoms with Gasteiger partial charge < -0.3 is 10.4 Å². The van der Waals surface area contributed by atoms with Crippen LogP contribution in [0.1, 0.15) is 41.6 Å². The predicted octanol–water partition coefficient (Wildman–Crippen LogP) is 3.10. The molecule has 3 nitrogen and oxygen atoms in total. The van der Waals surface area contributed by atoms with Gasteiger partial charge in [0.15, 0.2) is 0 Å². The van der Waals surface area contributed by atoms with Crippen molar-refractivity contribution in [2.45, 2.75) is 43.9 Å². The van der Waals surface area contributed by atoms with Crippen molar-refractivity contribution in [3.8, 4) is 5.75 Å². The number of hydrogen-bond donors (Lipinski definition) is 2. The number of rotatable bonds is 3. The van der Waals surface area contributed by atoms with E-state index in [1.807, 2.05) is 18.7 Å². The maximum atomic E-state index is 12.1. The molecule has 0 saturated heterocycles. The lowest BCUT2D eigenvalue weighted by molar-refractivity contribution is 0.0928. The number of aryl methyl sites for hydroxylation is 1. The molecule has 4 heteroatoms. The van der Waals surface area contributed by atoms with E-state index >= 15 is 0 Å². The summed E-state index contributed by atoms with van der Waals surface area (Å²) in [5.74, 6) is 0.0975. The molecule has 1 amide bonds. The van der Waals surface area contributed by atoms with E-state index in [0.717, 1.165) is 18.4 Å². The van der Waals surface area contributed by atoms with Gasteiger partial charge in [-0.25, -0.2) is 0 Å². The van der Waals surface area contributed by atoms with E-state index < -0.39 is 0 Å². The second-order valence-corrected chi connectivity index (χ2v) is 6.33. The zero-order valence-corrected chi connectivity index (χ0v) is 12.3. The monoisotopic (exact) mass is 279 g/mol. The SMILES string of the molecule is CSC1CCCC(NC(=O)c2ccc(C)c(O)c2)C1. The Hall–Kier alpha value is -1.16. The van der Waals surface area contributed by atoms with Crippen LogP contribution in [0, 0.1) is 6.92 Å². The fraction of sp³-hybridized carbons (Fsp3) is 0.533. The van der Waals surface area contributed by atoms with Crippen molar-refractivity contribution in [3.63, 3.8) is 0 Å². The minimum atomic E-state index is -0.0814. The van der Waals surface area contributed by atoms with Crippen molar-refractivity contribution in [1.29, 1.82) is 0 Å². The summed E-state index contributed by atoms with van der Waals surface area (Å²) in [6.45, 7) is 1.82. The lowest BCUT2D eigenvalue weighted by atomic mass is 9.94. The van der Waals surface area contributed by atoms with Crippen molar-refractivity contribution in [3.05, 3.63) is 29.3 Å². The highest BCUT2D eigenvalue weighted by Crippen LogP contribution is 2.27. The number of carbonyl (C=O) groups is 1. The third kappa shape index (κ3) is 3.66. The molecule has 1 aromatic carbocycles. The Labute approximate surface area is 118 Å². The highest BCUT2D eigenvalue weighted by atomic mass is 32.2. The third-order valence-corrected chi connectivity index (χ3v) is 4.86. The number of thioether (sulfide) groups is 1. The van der Waals surface area contributed by atoms with Gasteiger partial charge in [-0.05, 0) is 50.1 Å². The molecule has 1 saturated carbocycles. The van der Waals surface area contributed by atoms with Crippen molar-refractivity contribution >= 4 is 17.7 Å². The fourth-order valence-corrected chi connectivity index (χ4v) is 3.34. The molecule has 2 rings (SSSR count). The molecular weight excluding hydrogens is 258 g/mol. The molecule has 2 unspecified atom stereocenters. The van der Waals surface area contributed by atoms with Crippen LogP contribution in [-0.2, 0) is 0 Å². The number of carbonyl (C=O) groups excluding carboxylic acids is 1. The summed E-state index contributed by atoms with van der Waals surface area (Å²) < 4.78 is 0. The Kier molecular flexibility index (Phi) is 4.75. The van der Waals surface area contributed by atoms with Gasteiger partial charge in [-0.15, -0.1) is 0 Å². The van der Waals surface area contributed by atoms with Crippen LogP contribution in [0.2, 0.25) is 0 Å². The minimum Gasteiger partial charge on any atom is -0.508 e. The lowest BCUT2D eigenvalue weighted by Gasteiger charge is -2.28. The van der Waals surface area contributed by atoms with E-state index in [1.165, 1.54) is 12.8 Å². The zero-order valence-electron chi connectivity index (χ0n) is 11.5. The van der Waals surface area contributed by atoms with Crippen LogP contribution in [0.3, 0.4) is 0 Å². The fourth-order valence-electron chi connectivity index (χ4n) is 2.51. The van der Waals surface area contributed by atoms with Crippen molar-refractivity contribution in [1.82, 2.24) is 5.32 Å². The largest absolute Gasteiger partial charge is 0.508 e. The summed E-state index contributed by atoms with van der Waals surface area (Å²) in [7, 11) is 0. The van der Waals surface area contributed by atoms with E-state index in [0.29, 0.717) is 10.8 Å². The second kappa shape index (κ2) is 6.33. The van der Waals surface area contributed by atoms with Crippen LogP contribution in [0.4, 0.5) is 0 Å². The van der Waals surface area contributed by atoms with E-state index in [1.54, 1.807) is 18.2 Å². The van der Waals surface area contributed by atoms with Gasteiger partial charge in [0, 0.05) is 16.9 Å². The second-order valence-electron chi connectivity index (χ2n) is 5.20. The molecular formula is C15H21NO2S. The van der Waals surface area contributed by atoms with Crippen LogP contribution in [0.25, 0.3) is 0 Å². The lowest BCUT2D eigenvalue weighted by Crippen LogP contribution is -2.39. The molecule has 0 radical (unpaired) electrons. The van der Waals surface area contributed by atoms with E-state index in [4.69, 9.17) is 0 Å². The topological polar surface area (TPSA) is 49.3 Å². The standard InChI is InChI=1S/C15H21NO2S/c1-10-6-7-11(8-14(10)17)15(18)16-12-4-3-5-13(9-12)19-2/h6-8,12-13,17H,3-5,9H2,1-2H3,(H,16,18). The average molecular weight is 279 g/mol. The van der Waals surface area contributed by atoms with Gasteiger partial charge in [-0.1, -0.05) is 12.5 Å². The molecule has 0 aliphatic heterocycles. The number of hydrogen-bond acceptors (Lipinski definition) is 3. The van der Waals surface area contributed by atoms with Crippen LogP contribution in [-0.4, -0.2) is 28.6 Å². The maximum Gasteiger partial charge on any atom is 0.251 e. The molecule has 19 heavy (non-hydrogen) atoms. The Morgan fingerprint density at radius 1 is 1.42 bits per heavy atom. The van der Waals surface area contributed by atoms with Crippen molar-refractivity contribution < 1.29 is 9.90 Å². The van der Waals surface area contributed by atoms with Crippen LogP contribution in [0.15, 0.2) is 18.2 Å². The Balaban J connectivity index is 1.98. The summed E-state index contributed by atoms with van der Waals surface area (Å²) >= 11 is 1.89. The van der Waals surface area contributed by atoms with Crippen molar-refractivity contribution in [2.75, 3.05) is 6.26 Å². The van der Waals surface area contributed by atoms with Gasteiger partial charge in [0.1, 0.15) is 5.75 Å². The predicted molar refractivity (Wildman–Crippen MR) is 79.9 cm³/mol. The Morgan fingerprint density at radius 2 is 2.21 bits per heavy atom. The first-order chi connectivity index (χ1) is 9.10. The summed E-state index contributed by atoms with van der Waals surface area (Å²) in [6.07, 6.45) is 6.66. The van der Waals surface area contributed by atoms with Crippen LogP contribution in [0.5, 0.6) is 5.75 Å². The number of amides is 1. The Morgan fingerprint density at radius 3 is 2.89 bits per heavy atom. The number of aromatic hydroxyl groups is 1. The smallest absolute Gasteiger partial charge is 0.251 e. The number of benzene rings is 1. The number of nitrogens with one attached hydrogen (secondary N) is 1. The van der Waals surface area contributed by atoms with E-state index in [2.05, 4.69) is 11.6 Å². The van der Waals surface area contributed by atoms with E-state index in [-0.39, 0.29) is 17.7 Å². The van der Waals surface area contributed by atoms with Crippen LogP contribution >= 0.6 is 11.8 Å². The van der Waals surface area contributed by atoms with Gasteiger partial charge in [0.05, 0.1) is 0 Å². The van der Waals surface area contributed by atoms with Gasteiger partial charge in [0.25, 0.3) is 5.91 Å². The summed E-state index contributed by atoms with van der Waals surface area (Å²) in [5.41, 5.74) is 1.33. The molecule has 1 aliphatic carbocycles. The molecule has 2 atom stereocenters. The molecule has 0 bridgehead atoms. The molecule has 1 aromatic rings. The van der Waals surface area contributed by atoms with Crippen molar-refractivity contribution in [2.24, 2.45) is 0 Å². The number of phenols is 1. The van der Waals surface area contributed by atoms with Gasteiger partial charge in [-0.3, -0.25) is 4.79 Å². The molecule has 104 valence electrons. The quantitative estimate of drug-likeness (QED) is 0.894. The first-order valence-corrected chi connectivity index (χ1v) is 8.02. The van der Waals surface area contributed by atoms with Gasteiger partial charge in [-0.2, -0.15) is 11.8 Å². The van der Waals surface area contributed by atoms with Crippen LogP contribution < -0.4 is 5.32 Å². The summed E-state index contributed by atoms with van der Waals surface area (Å²) in [6, 6.07) is 5.34. The Bertz CT molecular complexity index is 461. The van der Waals surface area contributed by atoms with Gasteiger partial charge >= 0.3 is 0 Å². The highest BCUT2D eigenvalue weighted by molar-refractivity contribution is 7.99. The zero-order chi connectivity index (χ0) is 13.8. The highest BCUT2D eigenvalue weighted by Gasteiger charge is 2.23. The minimum absolute atomic E-state index is 0.0814. The summed E-state index contributed by atoms with van der Waals surface area (Å²) in [4.78, 5) is 12.1. The average Bonchev–Trinajstić information content (AvgIpc) is 2.42. The molecule has 0 aromatic heterocycles. The molecule has 0 spiro atoms. The first kappa shape index (κ1) is 14.3. The molecule has 1 fully saturated rings.